The van der Waals surface area contributed by atoms with Gasteiger partial charge in [-0.05, 0) is 43.8 Å². The topological polar surface area (TPSA) is 168 Å². The zero-order chi connectivity index (χ0) is 26.6. The molecule has 0 aliphatic carbocycles. The Morgan fingerprint density at radius 1 is 0.611 bits per heavy atom. The molecule has 6 rings (SSSR count). The van der Waals surface area contributed by atoms with E-state index in [2.05, 4.69) is 64.1 Å². The molecule has 0 saturated carbocycles. The molecule has 1 aliphatic rings. The third-order valence-corrected chi connectivity index (χ3v) is 5.64. The quantitative estimate of drug-likeness (QED) is 0.0668. The summed E-state index contributed by atoms with van der Waals surface area (Å²) < 4.78 is 7.28. The molecule has 0 aromatic heterocycles. The molecule has 12 heteroatoms. The Hall–Kier alpha value is -4.54. The van der Waals surface area contributed by atoms with Crippen molar-refractivity contribution in [3.63, 3.8) is 0 Å². The van der Waals surface area contributed by atoms with Gasteiger partial charge in [-0.15, -0.1) is 0 Å². The highest BCUT2D eigenvalue weighted by Crippen LogP contribution is 2.45. The first-order valence-corrected chi connectivity index (χ1v) is 10.5. The minimum Gasteiger partial charge on any atom is -0.450 e. The number of carbonyl (C=O) groups excluding carboxylic acids is 2. The maximum absolute atomic E-state index is 9.44. The number of fused-ring (bicyclic) bond motifs is 2. The van der Waals surface area contributed by atoms with Crippen molar-refractivity contribution < 1.29 is 49.1 Å². The minimum absolute atomic E-state index is 0.609. The molecule has 0 amide bonds. The van der Waals surface area contributed by atoms with Crippen LogP contribution in [0.25, 0.3) is 43.1 Å². The van der Waals surface area contributed by atoms with Gasteiger partial charge in [-0.1, -0.05) is 77.8 Å². The molecule has 0 spiro atoms. The van der Waals surface area contributed by atoms with Crippen molar-refractivity contribution >= 4 is 90.9 Å². The van der Waals surface area contributed by atoms with E-state index in [0.29, 0.717) is 10.0 Å². The van der Waals surface area contributed by atoms with Crippen LogP contribution in [0, 0.1) is 0 Å². The van der Waals surface area contributed by atoms with Gasteiger partial charge in [0.2, 0.25) is 0 Å². The number of rotatable bonds is 0. The van der Waals surface area contributed by atoms with E-state index in [9.17, 15) is 9.59 Å². The molecule has 1 saturated heterocycles. The van der Waals surface area contributed by atoms with Crippen LogP contribution >= 0.6 is 23.2 Å². The zero-order valence-electron chi connectivity index (χ0n) is 17.8. The third kappa shape index (κ3) is 5.57. The second kappa shape index (κ2) is 10.8. The van der Waals surface area contributed by atoms with Gasteiger partial charge >= 0.3 is 24.6 Å². The standard InChI is InChI=1S/C20H10Cl2.C2O4.2CH2O3/c21-16-10-12-6-3-8-14-13-7-1-4-11-5-2-9-15(17(11)13)19(18(12)14)20(16)22;3-1-5-2(4)6-1;2*2-1(3)4/h1-10H;;2*(H2,2,3,4). The Bertz CT molecular complexity index is 1580. The highest BCUT2D eigenvalue weighted by Gasteiger charge is 2.27. The summed E-state index contributed by atoms with van der Waals surface area (Å²) in [5.74, 6) is 0. The highest BCUT2D eigenvalue weighted by atomic mass is 35.5. The summed E-state index contributed by atoms with van der Waals surface area (Å²) in [7, 11) is 0. The van der Waals surface area contributed by atoms with Crippen molar-refractivity contribution in [2.45, 2.75) is 0 Å². The van der Waals surface area contributed by atoms with Crippen molar-refractivity contribution in [2.75, 3.05) is 0 Å². The van der Waals surface area contributed by atoms with Gasteiger partial charge in [-0.3, -0.25) is 0 Å². The van der Waals surface area contributed by atoms with Crippen molar-refractivity contribution in [1.29, 1.82) is 0 Å². The number of cyclic esters (lactones) is 4. The lowest BCUT2D eigenvalue weighted by atomic mass is 9.90. The Balaban J connectivity index is 0.000000213. The third-order valence-electron chi connectivity index (χ3n) is 4.86. The first-order chi connectivity index (χ1) is 17.0. The van der Waals surface area contributed by atoms with Crippen LogP contribution in [0.2, 0.25) is 10.0 Å². The molecule has 1 fully saturated rings. The molecule has 184 valence electrons. The lowest BCUT2D eigenvalue weighted by molar-refractivity contribution is 0.00673. The van der Waals surface area contributed by atoms with Gasteiger partial charge in [0.25, 0.3) is 0 Å². The molecule has 10 nitrogen and oxygen atoms in total. The van der Waals surface area contributed by atoms with Crippen molar-refractivity contribution in [2.24, 2.45) is 0 Å². The molecular weight excluding hydrogens is 519 g/mol. The molecule has 4 N–H and O–H groups in total. The monoisotopic (exact) mass is 532 g/mol. The zero-order valence-corrected chi connectivity index (χ0v) is 19.3. The van der Waals surface area contributed by atoms with Gasteiger partial charge in [0.05, 0.1) is 10.0 Å². The van der Waals surface area contributed by atoms with E-state index < -0.39 is 24.6 Å². The van der Waals surface area contributed by atoms with E-state index in [4.69, 9.17) is 53.2 Å². The molecule has 5 aromatic rings. The molecule has 0 atom stereocenters. The van der Waals surface area contributed by atoms with Crippen LogP contribution in [0.5, 0.6) is 0 Å². The van der Waals surface area contributed by atoms with E-state index in [0.717, 1.165) is 10.8 Å². The molecule has 0 unspecified atom stereocenters. The molecule has 0 radical (unpaired) electrons. The SMILES string of the molecule is Clc1cc2cccc3c4cccc5cccc(c(c1Cl)c23)c54.O=C(O)O.O=C(O)O.O=C1OC(=O)O1. The second-order valence-corrected chi connectivity index (χ2v) is 7.71. The predicted molar refractivity (Wildman–Crippen MR) is 132 cm³/mol. The molecule has 1 aliphatic heterocycles. The van der Waals surface area contributed by atoms with Gasteiger partial charge in [0, 0.05) is 5.39 Å². The van der Waals surface area contributed by atoms with Gasteiger partial charge in [-0.2, -0.15) is 0 Å². The highest BCUT2D eigenvalue weighted by molar-refractivity contribution is 6.49. The Morgan fingerprint density at radius 3 is 1.47 bits per heavy atom. The normalized spacial score (nSPS) is 11.7. The summed E-state index contributed by atoms with van der Waals surface area (Å²) in [5.41, 5.74) is 0. The number of hydrogen-bond donors (Lipinski definition) is 4. The number of benzene rings is 5. The first-order valence-electron chi connectivity index (χ1n) is 9.71. The maximum atomic E-state index is 9.44. The lowest BCUT2D eigenvalue weighted by Gasteiger charge is -2.15. The number of ether oxygens (including phenoxy) is 2. The Morgan fingerprint density at radius 2 is 1.03 bits per heavy atom. The fraction of sp³-hybridized carbons (Fsp3) is 0. The fourth-order valence-electron chi connectivity index (χ4n) is 3.79. The predicted octanol–water partition coefficient (Wildman–Crippen LogP) is 7.76. The smallest absolute Gasteiger partial charge is 0.450 e. The maximum Gasteiger partial charge on any atom is 0.528 e. The summed E-state index contributed by atoms with van der Waals surface area (Å²) in [5, 5.41) is 38.7. The Kier molecular flexibility index (Phi) is 7.83. The summed E-state index contributed by atoms with van der Waals surface area (Å²) in [6, 6.07) is 21.1. The van der Waals surface area contributed by atoms with Crippen molar-refractivity contribution in [3.05, 3.63) is 70.7 Å². The summed E-state index contributed by atoms with van der Waals surface area (Å²) in [6.07, 6.45) is -5.50. The fourth-order valence-corrected chi connectivity index (χ4v) is 4.26. The van der Waals surface area contributed by atoms with Gasteiger partial charge in [0.1, 0.15) is 0 Å². The average molecular weight is 533 g/mol. The second-order valence-electron chi connectivity index (χ2n) is 6.93. The minimum atomic E-state index is -1.83. The van der Waals surface area contributed by atoms with Crippen LogP contribution in [0.1, 0.15) is 0 Å². The lowest BCUT2D eigenvalue weighted by Crippen LogP contribution is -2.27. The Labute approximate surface area is 210 Å². The largest absolute Gasteiger partial charge is 0.528 e. The summed E-state index contributed by atoms with van der Waals surface area (Å²) in [4.78, 5) is 36.0. The average Bonchev–Trinajstić information content (AvgIpc) is 2.78. The van der Waals surface area contributed by atoms with E-state index in [1.54, 1.807) is 0 Å². The van der Waals surface area contributed by atoms with E-state index in [1.807, 2.05) is 6.07 Å². The van der Waals surface area contributed by atoms with E-state index in [1.165, 1.54) is 32.3 Å². The van der Waals surface area contributed by atoms with Gasteiger partial charge in [0.15, 0.2) is 0 Å². The van der Waals surface area contributed by atoms with Crippen molar-refractivity contribution in [1.82, 2.24) is 0 Å². The number of carbonyl (C=O) groups is 4. The molecule has 0 bridgehead atoms. The molecule has 1 heterocycles. The van der Waals surface area contributed by atoms with Gasteiger partial charge < -0.3 is 29.9 Å². The van der Waals surface area contributed by atoms with Crippen LogP contribution in [-0.4, -0.2) is 45.0 Å². The first kappa shape index (κ1) is 26.1. The van der Waals surface area contributed by atoms with Crippen LogP contribution in [0.3, 0.4) is 0 Å². The number of hydrogen-bond acceptors (Lipinski definition) is 6. The van der Waals surface area contributed by atoms with Gasteiger partial charge in [-0.25, -0.2) is 19.2 Å². The molecular formula is C24H14Cl2O10. The molecule has 5 aromatic carbocycles. The van der Waals surface area contributed by atoms with Crippen LogP contribution < -0.4 is 0 Å². The van der Waals surface area contributed by atoms with E-state index >= 15 is 0 Å². The summed E-state index contributed by atoms with van der Waals surface area (Å²) >= 11 is 13.0. The molecule has 36 heavy (non-hydrogen) atoms. The number of halogens is 2. The van der Waals surface area contributed by atoms with Crippen molar-refractivity contribution in [3.8, 4) is 0 Å². The van der Waals surface area contributed by atoms with Crippen LogP contribution in [0.15, 0.2) is 60.7 Å². The number of carboxylic acid groups (broad SMARTS) is 4. The van der Waals surface area contributed by atoms with Crippen LogP contribution in [-0.2, 0) is 9.47 Å². The van der Waals surface area contributed by atoms with E-state index in [-0.39, 0.29) is 0 Å². The summed E-state index contributed by atoms with van der Waals surface area (Å²) in [6.45, 7) is 0. The van der Waals surface area contributed by atoms with Crippen LogP contribution in [0.4, 0.5) is 19.2 Å².